The van der Waals surface area contributed by atoms with Crippen molar-refractivity contribution in [1.82, 2.24) is 0 Å². The van der Waals surface area contributed by atoms with E-state index in [0.29, 0.717) is 10.8 Å². The van der Waals surface area contributed by atoms with Gasteiger partial charge in [0.05, 0.1) is 16.3 Å². The van der Waals surface area contributed by atoms with Gasteiger partial charge in [0.15, 0.2) is 5.58 Å². The molecule has 0 aliphatic heterocycles. The van der Waals surface area contributed by atoms with Crippen LogP contribution in [-0.2, 0) is 6.18 Å². The van der Waals surface area contributed by atoms with Crippen LogP contribution in [0, 0.1) is 6.92 Å². The monoisotopic (exact) mass is 328 g/mol. The molecule has 0 atom stereocenters. The van der Waals surface area contributed by atoms with Gasteiger partial charge in [-0.3, -0.25) is 4.79 Å². The number of aryl methyl sites for hydroxylation is 1. The fourth-order valence-electron chi connectivity index (χ4n) is 3.03. The Labute approximate surface area is 134 Å². The molecule has 0 bridgehead atoms. The predicted molar refractivity (Wildman–Crippen MR) is 87.2 cm³/mol. The Bertz CT molecular complexity index is 1170. The van der Waals surface area contributed by atoms with Crippen molar-refractivity contribution in [3.05, 3.63) is 69.9 Å². The normalized spacial score (nSPS) is 12.3. The van der Waals surface area contributed by atoms with E-state index in [1.165, 1.54) is 12.1 Å². The van der Waals surface area contributed by atoms with Gasteiger partial charge in [-0.1, -0.05) is 35.9 Å². The van der Waals surface area contributed by atoms with Crippen molar-refractivity contribution < 1.29 is 17.6 Å². The van der Waals surface area contributed by atoms with Crippen LogP contribution in [0.4, 0.5) is 13.2 Å². The highest BCUT2D eigenvalue weighted by Gasteiger charge is 2.34. The molecule has 120 valence electrons. The number of alkyl halides is 3. The van der Waals surface area contributed by atoms with Crippen molar-refractivity contribution in [3.63, 3.8) is 0 Å². The first-order valence-corrected chi connectivity index (χ1v) is 7.32. The highest BCUT2D eigenvalue weighted by atomic mass is 19.4. The molecule has 24 heavy (non-hydrogen) atoms. The Hall–Kier alpha value is -2.82. The lowest BCUT2D eigenvalue weighted by atomic mass is 10.0. The maximum Gasteiger partial charge on any atom is 0.420 e. The smallest absolute Gasteiger partial charge is 0.420 e. The molecule has 0 spiro atoms. The zero-order valence-corrected chi connectivity index (χ0v) is 12.6. The van der Waals surface area contributed by atoms with Crippen LogP contribution in [0.15, 0.2) is 57.7 Å². The van der Waals surface area contributed by atoms with Gasteiger partial charge in [0.25, 0.3) is 0 Å². The maximum atomic E-state index is 13.2. The molecule has 0 fully saturated rings. The Morgan fingerprint density at radius 1 is 0.958 bits per heavy atom. The van der Waals surface area contributed by atoms with Crippen molar-refractivity contribution >= 4 is 32.7 Å². The lowest BCUT2D eigenvalue weighted by molar-refractivity contribution is -0.136. The van der Waals surface area contributed by atoms with Gasteiger partial charge < -0.3 is 4.42 Å². The summed E-state index contributed by atoms with van der Waals surface area (Å²) >= 11 is 0. The number of fused-ring (bicyclic) bond motifs is 4. The van der Waals surface area contributed by atoms with E-state index in [1.807, 2.05) is 25.1 Å². The first-order valence-electron chi connectivity index (χ1n) is 7.32. The van der Waals surface area contributed by atoms with E-state index < -0.39 is 22.8 Å². The van der Waals surface area contributed by atoms with Crippen molar-refractivity contribution in [2.75, 3.05) is 0 Å². The molecular weight excluding hydrogens is 317 g/mol. The summed E-state index contributed by atoms with van der Waals surface area (Å²) in [5.41, 5.74) is -0.702. The summed E-state index contributed by atoms with van der Waals surface area (Å²) < 4.78 is 45.1. The van der Waals surface area contributed by atoms with Crippen LogP contribution in [0.3, 0.4) is 0 Å². The third kappa shape index (κ3) is 2.08. The molecule has 0 N–H and O–H groups in total. The standard InChI is InChI=1S/C19H11F3O2/c1-10-5-6-11-7-8-15-16(13(11)9-10)17(23)12-3-2-4-14(18(12)24-15)19(20,21)22/h2-9H,1H3. The molecule has 0 saturated heterocycles. The van der Waals surface area contributed by atoms with Crippen LogP contribution in [0.25, 0.3) is 32.7 Å². The first kappa shape index (κ1) is 14.8. The second-order valence-electron chi connectivity index (χ2n) is 5.77. The van der Waals surface area contributed by atoms with Gasteiger partial charge in [0.2, 0.25) is 5.43 Å². The lowest BCUT2D eigenvalue weighted by Gasteiger charge is -2.11. The quantitative estimate of drug-likeness (QED) is 0.318. The summed E-state index contributed by atoms with van der Waals surface area (Å²) in [5, 5.41) is 1.77. The average Bonchev–Trinajstić information content (AvgIpc) is 2.53. The molecule has 0 saturated carbocycles. The molecule has 0 amide bonds. The minimum absolute atomic E-state index is 0.0636. The number of para-hydroxylation sites is 1. The zero-order chi connectivity index (χ0) is 17.1. The van der Waals surface area contributed by atoms with Crippen LogP contribution in [0.5, 0.6) is 0 Å². The van der Waals surface area contributed by atoms with Crippen LogP contribution in [0.1, 0.15) is 11.1 Å². The van der Waals surface area contributed by atoms with Crippen LogP contribution in [0.2, 0.25) is 0 Å². The van der Waals surface area contributed by atoms with Gasteiger partial charge in [-0.25, -0.2) is 0 Å². The van der Waals surface area contributed by atoms with Crippen molar-refractivity contribution in [1.29, 1.82) is 0 Å². The van der Waals surface area contributed by atoms with Crippen molar-refractivity contribution in [2.45, 2.75) is 13.1 Å². The molecule has 5 heteroatoms. The molecule has 0 aliphatic carbocycles. The van der Waals surface area contributed by atoms with Gasteiger partial charge >= 0.3 is 6.18 Å². The van der Waals surface area contributed by atoms with Crippen LogP contribution < -0.4 is 5.43 Å². The number of hydrogen-bond donors (Lipinski definition) is 0. The Morgan fingerprint density at radius 3 is 2.46 bits per heavy atom. The van der Waals surface area contributed by atoms with E-state index in [2.05, 4.69) is 0 Å². The molecule has 1 aromatic heterocycles. The number of rotatable bonds is 0. The largest absolute Gasteiger partial charge is 0.455 e. The molecule has 3 aromatic carbocycles. The summed E-state index contributed by atoms with van der Waals surface area (Å²) in [4.78, 5) is 12.9. The molecule has 4 aromatic rings. The van der Waals surface area contributed by atoms with Gasteiger partial charge in [0.1, 0.15) is 5.58 Å². The molecule has 1 heterocycles. The Balaban J connectivity index is 2.26. The maximum absolute atomic E-state index is 13.2. The summed E-state index contributed by atoms with van der Waals surface area (Å²) in [7, 11) is 0. The van der Waals surface area contributed by atoms with Crippen LogP contribution in [-0.4, -0.2) is 0 Å². The van der Waals surface area contributed by atoms with E-state index in [0.717, 1.165) is 17.0 Å². The van der Waals surface area contributed by atoms with Crippen molar-refractivity contribution in [3.8, 4) is 0 Å². The number of halogens is 3. The highest BCUT2D eigenvalue weighted by Crippen LogP contribution is 2.36. The number of hydrogen-bond acceptors (Lipinski definition) is 2. The average molecular weight is 328 g/mol. The van der Waals surface area contributed by atoms with Crippen molar-refractivity contribution in [2.24, 2.45) is 0 Å². The fourth-order valence-corrected chi connectivity index (χ4v) is 3.03. The second-order valence-corrected chi connectivity index (χ2v) is 5.77. The molecule has 0 radical (unpaired) electrons. The summed E-state index contributed by atoms with van der Waals surface area (Å²) in [6.45, 7) is 1.89. The molecule has 0 aliphatic rings. The number of benzene rings is 3. The van der Waals surface area contributed by atoms with Gasteiger partial charge in [-0.05, 0) is 35.9 Å². The fraction of sp³-hybridized carbons (Fsp3) is 0.105. The zero-order valence-electron chi connectivity index (χ0n) is 12.6. The molecule has 0 unspecified atom stereocenters. The molecular formula is C19H11F3O2. The van der Waals surface area contributed by atoms with Gasteiger partial charge in [0, 0.05) is 0 Å². The Kier molecular flexibility index (Phi) is 2.97. The van der Waals surface area contributed by atoms with E-state index in [1.54, 1.807) is 12.1 Å². The van der Waals surface area contributed by atoms with Gasteiger partial charge in [-0.15, -0.1) is 0 Å². The lowest BCUT2D eigenvalue weighted by Crippen LogP contribution is -2.09. The topological polar surface area (TPSA) is 30.2 Å². The Morgan fingerprint density at radius 2 is 1.71 bits per heavy atom. The van der Waals surface area contributed by atoms with Crippen LogP contribution >= 0.6 is 0 Å². The van der Waals surface area contributed by atoms with E-state index >= 15 is 0 Å². The minimum Gasteiger partial charge on any atom is -0.455 e. The van der Waals surface area contributed by atoms with E-state index in [9.17, 15) is 18.0 Å². The summed E-state index contributed by atoms with van der Waals surface area (Å²) in [5.74, 6) is 0. The third-order valence-corrected chi connectivity index (χ3v) is 4.14. The molecule has 4 rings (SSSR count). The minimum atomic E-state index is -4.59. The third-order valence-electron chi connectivity index (χ3n) is 4.14. The molecule has 2 nitrogen and oxygen atoms in total. The van der Waals surface area contributed by atoms with Gasteiger partial charge in [-0.2, -0.15) is 13.2 Å². The first-order chi connectivity index (χ1) is 11.4. The van der Waals surface area contributed by atoms with E-state index in [-0.39, 0.29) is 11.0 Å². The second kappa shape index (κ2) is 4.84. The van der Waals surface area contributed by atoms with E-state index in [4.69, 9.17) is 4.42 Å². The highest BCUT2D eigenvalue weighted by molar-refractivity contribution is 6.08. The predicted octanol–water partition coefficient (Wildman–Crippen LogP) is 5.43. The summed E-state index contributed by atoms with van der Waals surface area (Å²) in [6.07, 6.45) is -4.59. The summed E-state index contributed by atoms with van der Waals surface area (Å²) in [6, 6.07) is 12.4. The SMILES string of the molecule is Cc1ccc2ccc3oc4c(C(F)(F)F)cccc4c(=O)c3c2c1.